The van der Waals surface area contributed by atoms with Crippen molar-refractivity contribution in [1.29, 1.82) is 0 Å². The summed E-state index contributed by atoms with van der Waals surface area (Å²) in [6.07, 6.45) is 8.30. The van der Waals surface area contributed by atoms with Gasteiger partial charge < -0.3 is 14.8 Å². The topological polar surface area (TPSA) is 46.0 Å². The smallest absolute Gasteiger partial charge is 0.222 e. The van der Waals surface area contributed by atoms with Gasteiger partial charge in [-0.2, -0.15) is 0 Å². The second-order valence-corrected chi connectivity index (χ2v) is 7.88. The first-order valence-corrected chi connectivity index (χ1v) is 9.48. The van der Waals surface area contributed by atoms with E-state index in [0.29, 0.717) is 17.9 Å². The lowest BCUT2D eigenvalue weighted by atomic mass is 9.72. The lowest BCUT2D eigenvalue weighted by Crippen LogP contribution is -2.49. The fourth-order valence-corrected chi connectivity index (χ4v) is 5.11. The van der Waals surface area contributed by atoms with Crippen LogP contribution in [-0.2, 0) is 13.5 Å². The zero-order chi connectivity index (χ0) is 17.7. The maximum absolute atomic E-state index is 4.29. The van der Waals surface area contributed by atoms with Crippen molar-refractivity contribution in [1.82, 2.24) is 19.4 Å². The van der Waals surface area contributed by atoms with Crippen LogP contribution < -0.4 is 5.32 Å². The third kappa shape index (κ3) is 2.50. The summed E-state index contributed by atoms with van der Waals surface area (Å²) in [5, 5.41) is 4.93. The number of aromatic nitrogens is 3. The van der Waals surface area contributed by atoms with Crippen LogP contribution in [0.5, 0.6) is 0 Å². The zero-order valence-electron chi connectivity index (χ0n) is 15.4. The third-order valence-corrected chi connectivity index (χ3v) is 6.23. The summed E-state index contributed by atoms with van der Waals surface area (Å²) >= 11 is 0. The second-order valence-electron chi connectivity index (χ2n) is 7.88. The largest absolute Gasteiger partial charge is 0.354 e. The standard InChI is InChI=1S/C21H25N5/c1-25-12-14(11-24-21-22-7-4-8-23-21)9-17-16-5-3-6-18-20(16)15(10-19(17)25)13-26(18)2/h3-8,13-14,17,19H,9-12H2,1-2H3,(H,22,23,24)/t14-,17+,19+/m0/s1. The fourth-order valence-electron chi connectivity index (χ4n) is 5.11. The highest BCUT2D eigenvalue weighted by atomic mass is 15.2. The molecule has 2 aromatic heterocycles. The van der Waals surface area contributed by atoms with Gasteiger partial charge in [0, 0.05) is 61.6 Å². The summed E-state index contributed by atoms with van der Waals surface area (Å²) in [6.45, 7) is 2.05. The Morgan fingerprint density at radius 1 is 1.15 bits per heavy atom. The number of likely N-dealkylation sites (tertiary alicyclic amines) is 1. The molecule has 3 atom stereocenters. The lowest BCUT2D eigenvalue weighted by Gasteiger charge is -2.45. The minimum Gasteiger partial charge on any atom is -0.354 e. The fraction of sp³-hybridized carbons (Fsp3) is 0.429. The average Bonchev–Trinajstić information content (AvgIpc) is 2.99. The van der Waals surface area contributed by atoms with E-state index < -0.39 is 0 Å². The van der Waals surface area contributed by atoms with Crippen LogP contribution >= 0.6 is 0 Å². The van der Waals surface area contributed by atoms with Crippen LogP contribution in [0.4, 0.5) is 5.95 Å². The predicted octanol–water partition coefficient (Wildman–Crippen LogP) is 3.04. The third-order valence-electron chi connectivity index (χ3n) is 6.23. The van der Waals surface area contributed by atoms with Crippen molar-refractivity contribution in [3.8, 4) is 0 Å². The summed E-state index contributed by atoms with van der Waals surface area (Å²) in [5.41, 5.74) is 4.43. The molecule has 3 aromatic rings. The van der Waals surface area contributed by atoms with E-state index in [1.807, 2.05) is 6.07 Å². The Morgan fingerprint density at radius 2 is 2.00 bits per heavy atom. The number of piperidine rings is 1. The highest BCUT2D eigenvalue weighted by Gasteiger charge is 2.39. The van der Waals surface area contributed by atoms with Crippen LogP contribution in [-0.4, -0.2) is 45.6 Å². The highest BCUT2D eigenvalue weighted by molar-refractivity contribution is 5.89. The molecule has 1 fully saturated rings. The Hall–Kier alpha value is -2.40. The molecular weight excluding hydrogens is 322 g/mol. The molecule has 5 rings (SSSR count). The molecular formula is C21H25N5. The van der Waals surface area contributed by atoms with Crippen molar-refractivity contribution < 1.29 is 0 Å². The minimum absolute atomic E-state index is 0.602. The first kappa shape index (κ1) is 15.8. The van der Waals surface area contributed by atoms with Gasteiger partial charge in [0.2, 0.25) is 5.95 Å². The normalized spacial score (nSPS) is 25.2. The summed E-state index contributed by atoms with van der Waals surface area (Å²) in [7, 11) is 4.46. The number of fused-ring (bicyclic) bond motifs is 2. The summed E-state index contributed by atoms with van der Waals surface area (Å²) < 4.78 is 2.29. The molecule has 0 spiro atoms. The van der Waals surface area contributed by atoms with Crippen molar-refractivity contribution in [2.75, 3.05) is 25.5 Å². The molecule has 0 unspecified atom stereocenters. The van der Waals surface area contributed by atoms with E-state index in [2.05, 4.69) is 63.2 Å². The number of hydrogen-bond donors (Lipinski definition) is 1. The van der Waals surface area contributed by atoms with Gasteiger partial charge in [0.05, 0.1) is 0 Å². The van der Waals surface area contributed by atoms with Crippen LogP contribution in [0.3, 0.4) is 0 Å². The molecule has 1 aliphatic carbocycles. The van der Waals surface area contributed by atoms with Gasteiger partial charge in [0.25, 0.3) is 0 Å². The van der Waals surface area contributed by atoms with Crippen molar-refractivity contribution in [3.05, 3.63) is 54.0 Å². The van der Waals surface area contributed by atoms with E-state index in [1.165, 1.54) is 22.9 Å². The molecule has 1 saturated heterocycles. The predicted molar refractivity (Wildman–Crippen MR) is 104 cm³/mol. The molecule has 1 aliphatic heterocycles. The van der Waals surface area contributed by atoms with Gasteiger partial charge >= 0.3 is 0 Å². The first-order valence-electron chi connectivity index (χ1n) is 9.48. The molecule has 0 bridgehead atoms. The van der Waals surface area contributed by atoms with Gasteiger partial charge in [0.15, 0.2) is 0 Å². The van der Waals surface area contributed by atoms with Gasteiger partial charge in [-0.3, -0.25) is 0 Å². The highest BCUT2D eigenvalue weighted by Crippen LogP contribution is 2.44. The Bertz CT molecular complexity index is 932. The number of rotatable bonds is 3. The molecule has 26 heavy (non-hydrogen) atoms. The molecule has 0 amide bonds. The van der Waals surface area contributed by atoms with E-state index in [9.17, 15) is 0 Å². The van der Waals surface area contributed by atoms with Gasteiger partial charge in [0.1, 0.15) is 0 Å². The molecule has 0 saturated carbocycles. The number of nitrogens with zero attached hydrogens (tertiary/aromatic N) is 4. The summed E-state index contributed by atoms with van der Waals surface area (Å²) in [4.78, 5) is 11.1. The number of aryl methyl sites for hydroxylation is 1. The van der Waals surface area contributed by atoms with E-state index in [4.69, 9.17) is 0 Å². The van der Waals surface area contributed by atoms with E-state index in [0.717, 1.165) is 25.5 Å². The Morgan fingerprint density at radius 3 is 2.85 bits per heavy atom. The Balaban J connectivity index is 1.43. The molecule has 1 aromatic carbocycles. The Kier molecular flexibility index (Phi) is 3.71. The summed E-state index contributed by atoms with van der Waals surface area (Å²) in [6, 6.07) is 9.29. The van der Waals surface area contributed by atoms with Crippen LogP contribution in [0.1, 0.15) is 23.5 Å². The first-order chi connectivity index (χ1) is 12.7. The molecule has 1 N–H and O–H groups in total. The monoisotopic (exact) mass is 347 g/mol. The van der Waals surface area contributed by atoms with Crippen LogP contribution in [0, 0.1) is 5.92 Å². The molecule has 3 heterocycles. The SMILES string of the molecule is CN1C[C@H](CNc2ncccn2)C[C@@H]2c3cccc4c3c(cn4C)C[C@H]21. The minimum atomic E-state index is 0.602. The second kappa shape index (κ2) is 6.09. The number of likely N-dealkylation sites (N-methyl/N-ethyl adjacent to an activating group) is 1. The molecule has 2 aliphatic rings. The van der Waals surface area contributed by atoms with Crippen LogP contribution in [0.25, 0.3) is 10.9 Å². The van der Waals surface area contributed by atoms with Gasteiger partial charge in [-0.15, -0.1) is 0 Å². The lowest BCUT2D eigenvalue weighted by molar-refractivity contribution is 0.117. The molecule has 134 valence electrons. The zero-order valence-corrected chi connectivity index (χ0v) is 15.4. The number of nitrogens with one attached hydrogen (secondary N) is 1. The van der Waals surface area contributed by atoms with Crippen molar-refractivity contribution in [2.45, 2.75) is 24.8 Å². The quantitative estimate of drug-likeness (QED) is 0.791. The van der Waals surface area contributed by atoms with Crippen LogP contribution in [0.15, 0.2) is 42.9 Å². The number of benzene rings is 1. The van der Waals surface area contributed by atoms with Gasteiger partial charge in [-0.05, 0) is 49.1 Å². The average molecular weight is 347 g/mol. The Labute approximate surface area is 154 Å². The molecule has 5 heteroatoms. The van der Waals surface area contributed by atoms with Gasteiger partial charge in [-0.25, -0.2) is 9.97 Å². The summed E-state index contributed by atoms with van der Waals surface area (Å²) in [5.74, 6) is 1.94. The molecule has 5 nitrogen and oxygen atoms in total. The van der Waals surface area contributed by atoms with Gasteiger partial charge in [-0.1, -0.05) is 12.1 Å². The maximum atomic E-state index is 4.29. The number of anilines is 1. The van der Waals surface area contributed by atoms with Crippen molar-refractivity contribution in [2.24, 2.45) is 13.0 Å². The van der Waals surface area contributed by atoms with Crippen molar-refractivity contribution >= 4 is 16.9 Å². The number of hydrogen-bond acceptors (Lipinski definition) is 4. The van der Waals surface area contributed by atoms with E-state index in [1.54, 1.807) is 18.0 Å². The van der Waals surface area contributed by atoms with Crippen molar-refractivity contribution in [3.63, 3.8) is 0 Å². The molecule has 0 radical (unpaired) electrons. The van der Waals surface area contributed by atoms with E-state index >= 15 is 0 Å². The van der Waals surface area contributed by atoms with Crippen LogP contribution in [0.2, 0.25) is 0 Å². The maximum Gasteiger partial charge on any atom is 0.222 e. The van der Waals surface area contributed by atoms with E-state index in [-0.39, 0.29) is 0 Å².